The van der Waals surface area contributed by atoms with Crippen molar-refractivity contribution in [3.05, 3.63) is 41.6 Å². The molecule has 0 amide bonds. The molecule has 1 aliphatic rings. The van der Waals surface area contributed by atoms with Gasteiger partial charge in [0.1, 0.15) is 30.6 Å². The van der Waals surface area contributed by atoms with Crippen LogP contribution in [-0.2, 0) is 13.5 Å². The van der Waals surface area contributed by atoms with Crippen molar-refractivity contribution in [1.29, 1.82) is 0 Å². The number of ether oxygens (including phenoxy) is 1. The largest absolute Gasteiger partial charge is 0.475 e. The third-order valence-electron chi connectivity index (χ3n) is 4.56. The number of anilines is 2. The van der Waals surface area contributed by atoms with Crippen LogP contribution in [0.2, 0.25) is 0 Å². The van der Waals surface area contributed by atoms with Crippen molar-refractivity contribution >= 4 is 28.5 Å². The zero-order valence-corrected chi connectivity index (χ0v) is 14.5. The standard InChI is InChI=1S/C19H19FN4O2/c1-24-13-4-2-5-14(25)18(13)12-8-9-16(23-19(12)24)21-15-6-3-7-17(22-15)26-11-10-20/h3,6-9H,2,4-5,10-11H2,1H3,(H,21,22,23). The molecule has 7 heteroatoms. The number of nitrogens with one attached hydrogen (secondary N) is 1. The molecule has 0 aromatic carbocycles. The second-order valence-electron chi connectivity index (χ2n) is 6.25. The molecule has 0 saturated heterocycles. The smallest absolute Gasteiger partial charge is 0.215 e. The summed E-state index contributed by atoms with van der Waals surface area (Å²) in [5.41, 5.74) is 2.65. The molecule has 0 radical (unpaired) electrons. The Hall–Kier alpha value is -2.96. The number of carbonyl (C=O) groups excluding carboxylic acids is 1. The highest BCUT2D eigenvalue weighted by atomic mass is 19.1. The van der Waals surface area contributed by atoms with Gasteiger partial charge in [0.15, 0.2) is 5.78 Å². The molecular weight excluding hydrogens is 335 g/mol. The molecule has 134 valence electrons. The summed E-state index contributed by atoms with van der Waals surface area (Å²) < 4.78 is 19.4. The number of aryl methyl sites for hydroxylation is 1. The summed E-state index contributed by atoms with van der Waals surface area (Å²) in [5, 5.41) is 4.03. The van der Waals surface area contributed by atoms with E-state index in [9.17, 15) is 9.18 Å². The highest BCUT2D eigenvalue weighted by Crippen LogP contribution is 2.31. The molecule has 0 fully saturated rings. The van der Waals surface area contributed by atoms with Crippen molar-refractivity contribution in [2.45, 2.75) is 19.3 Å². The average molecular weight is 354 g/mol. The molecule has 1 N–H and O–H groups in total. The van der Waals surface area contributed by atoms with Crippen LogP contribution in [0.1, 0.15) is 28.9 Å². The molecule has 0 atom stereocenters. The minimum Gasteiger partial charge on any atom is -0.475 e. The first kappa shape index (κ1) is 16.5. The highest BCUT2D eigenvalue weighted by Gasteiger charge is 2.25. The monoisotopic (exact) mass is 354 g/mol. The zero-order valence-electron chi connectivity index (χ0n) is 14.5. The molecular formula is C19H19FN4O2. The first-order valence-electron chi connectivity index (χ1n) is 8.61. The van der Waals surface area contributed by atoms with Crippen molar-refractivity contribution in [2.24, 2.45) is 7.05 Å². The van der Waals surface area contributed by atoms with Crippen molar-refractivity contribution in [1.82, 2.24) is 14.5 Å². The zero-order chi connectivity index (χ0) is 18.1. The summed E-state index contributed by atoms with van der Waals surface area (Å²) in [6.45, 7) is -0.585. The normalized spacial score (nSPS) is 13.7. The maximum atomic E-state index is 12.3. The fraction of sp³-hybridized carbons (Fsp3) is 0.316. The lowest BCUT2D eigenvalue weighted by Gasteiger charge is -2.11. The number of aromatic nitrogens is 3. The molecule has 0 unspecified atom stereocenters. The first-order valence-corrected chi connectivity index (χ1v) is 8.61. The van der Waals surface area contributed by atoms with Gasteiger partial charge in [-0.15, -0.1) is 0 Å². The number of Topliss-reactive ketones (excluding diaryl/α,β-unsaturated/α-hetero) is 1. The van der Waals surface area contributed by atoms with Crippen LogP contribution in [0.4, 0.5) is 16.0 Å². The van der Waals surface area contributed by atoms with E-state index in [-0.39, 0.29) is 12.4 Å². The van der Waals surface area contributed by atoms with Gasteiger partial charge in [0.05, 0.1) is 0 Å². The number of pyridine rings is 2. The lowest BCUT2D eigenvalue weighted by Crippen LogP contribution is -2.11. The number of hydrogen-bond donors (Lipinski definition) is 1. The van der Waals surface area contributed by atoms with E-state index in [1.54, 1.807) is 18.2 Å². The Labute approximate surface area is 150 Å². The van der Waals surface area contributed by atoms with Crippen LogP contribution in [0.5, 0.6) is 5.88 Å². The number of hydrogen-bond acceptors (Lipinski definition) is 5. The topological polar surface area (TPSA) is 69.0 Å². The maximum absolute atomic E-state index is 12.3. The Kier molecular flexibility index (Phi) is 4.28. The minimum absolute atomic E-state index is 0.0242. The summed E-state index contributed by atoms with van der Waals surface area (Å²) in [5.74, 6) is 1.73. The van der Waals surface area contributed by atoms with Gasteiger partial charge in [-0.1, -0.05) is 6.07 Å². The molecule has 6 nitrogen and oxygen atoms in total. The molecule has 3 aromatic heterocycles. The molecule has 0 saturated carbocycles. The van der Waals surface area contributed by atoms with E-state index in [0.717, 1.165) is 35.1 Å². The molecule has 3 aromatic rings. The van der Waals surface area contributed by atoms with Crippen LogP contribution >= 0.6 is 0 Å². The van der Waals surface area contributed by atoms with Crippen LogP contribution in [0, 0.1) is 0 Å². The van der Waals surface area contributed by atoms with Gasteiger partial charge in [0.25, 0.3) is 0 Å². The Balaban J connectivity index is 1.66. The quantitative estimate of drug-likeness (QED) is 0.758. The number of rotatable bonds is 5. The second-order valence-corrected chi connectivity index (χ2v) is 6.25. The molecule has 0 bridgehead atoms. The Morgan fingerprint density at radius 2 is 2.04 bits per heavy atom. The van der Waals surface area contributed by atoms with Crippen molar-refractivity contribution in [2.75, 3.05) is 18.6 Å². The van der Waals surface area contributed by atoms with E-state index in [0.29, 0.717) is 23.9 Å². The van der Waals surface area contributed by atoms with Crippen molar-refractivity contribution in [3.8, 4) is 5.88 Å². The van der Waals surface area contributed by atoms with Crippen molar-refractivity contribution < 1.29 is 13.9 Å². The van der Waals surface area contributed by atoms with E-state index in [2.05, 4.69) is 15.3 Å². The minimum atomic E-state index is -0.561. The summed E-state index contributed by atoms with van der Waals surface area (Å²) in [6, 6.07) is 9.00. The van der Waals surface area contributed by atoms with Gasteiger partial charge >= 0.3 is 0 Å². The van der Waals surface area contributed by atoms with Crippen LogP contribution in [0.15, 0.2) is 30.3 Å². The Morgan fingerprint density at radius 1 is 1.19 bits per heavy atom. The van der Waals surface area contributed by atoms with E-state index in [1.165, 1.54) is 0 Å². The number of halogens is 1. The first-order chi connectivity index (χ1) is 12.7. The van der Waals surface area contributed by atoms with Crippen LogP contribution in [0.3, 0.4) is 0 Å². The SMILES string of the molecule is Cn1c2c(c3ccc(Nc4cccc(OCCF)n4)nc31)C(=O)CCC2. The van der Waals surface area contributed by atoms with Crippen LogP contribution < -0.4 is 10.1 Å². The molecule has 0 spiro atoms. The maximum Gasteiger partial charge on any atom is 0.215 e. The van der Waals surface area contributed by atoms with Crippen LogP contribution in [0.25, 0.3) is 11.0 Å². The van der Waals surface area contributed by atoms with Crippen LogP contribution in [-0.4, -0.2) is 33.6 Å². The van der Waals surface area contributed by atoms with E-state index in [4.69, 9.17) is 4.74 Å². The fourth-order valence-corrected chi connectivity index (χ4v) is 3.40. The lowest BCUT2D eigenvalue weighted by atomic mass is 9.95. The van der Waals surface area contributed by atoms with E-state index < -0.39 is 6.67 Å². The fourth-order valence-electron chi connectivity index (χ4n) is 3.40. The molecule has 0 aliphatic heterocycles. The third-order valence-corrected chi connectivity index (χ3v) is 4.56. The number of nitrogens with zero attached hydrogens (tertiary/aromatic N) is 3. The van der Waals surface area contributed by atoms with E-state index >= 15 is 0 Å². The summed E-state index contributed by atoms with van der Waals surface area (Å²) in [4.78, 5) is 21.2. The third kappa shape index (κ3) is 2.89. The average Bonchev–Trinajstić information content (AvgIpc) is 2.94. The number of carbonyl (C=O) groups is 1. The van der Waals surface area contributed by atoms with Crippen molar-refractivity contribution in [3.63, 3.8) is 0 Å². The highest BCUT2D eigenvalue weighted by molar-refractivity contribution is 6.09. The number of alkyl halides is 1. The molecule has 26 heavy (non-hydrogen) atoms. The second kappa shape index (κ2) is 6.74. The van der Waals surface area contributed by atoms with Gasteiger partial charge in [0.2, 0.25) is 5.88 Å². The van der Waals surface area contributed by atoms with Gasteiger partial charge in [0, 0.05) is 36.2 Å². The predicted molar refractivity (Wildman–Crippen MR) is 97.0 cm³/mol. The van der Waals surface area contributed by atoms with Gasteiger partial charge < -0.3 is 14.6 Å². The number of fused-ring (bicyclic) bond motifs is 3. The van der Waals surface area contributed by atoms with Gasteiger partial charge in [-0.3, -0.25) is 4.79 Å². The number of ketones is 1. The van der Waals surface area contributed by atoms with E-state index in [1.807, 2.05) is 23.7 Å². The summed E-state index contributed by atoms with van der Waals surface area (Å²) in [7, 11) is 1.94. The molecule has 3 heterocycles. The van der Waals surface area contributed by atoms with Gasteiger partial charge in [-0.25, -0.2) is 9.37 Å². The molecule has 4 rings (SSSR count). The Morgan fingerprint density at radius 3 is 2.88 bits per heavy atom. The van der Waals surface area contributed by atoms with Gasteiger partial charge in [-0.2, -0.15) is 4.98 Å². The predicted octanol–water partition coefficient (Wildman–Crippen LogP) is 3.58. The summed E-state index contributed by atoms with van der Waals surface area (Å²) in [6.07, 6.45) is 2.38. The van der Waals surface area contributed by atoms with Gasteiger partial charge in [-0.05, 0) is 31.0 Å². The molecule has 1 aliphatic carbocycles. The Bertz CT molecular complexity index is 983. The summed E-state index contributed by atoms with van der Waals surface area (Å²) >= 11 is 0. The lowest BCUT2D eigenvalue weighted by molar-refractivity contribution is 0.0973.